The Balaban J connectivity index is 1.40. The molecule has 2 aliphatic rings. The summed E-state index contributed by atoms with van der Waals surface area (Å²) >= 11 is 0. The van der Waals surface area contributed by atoms with Gasteiger partial charge in [0.15, 0.2) is 0 Å². The van der Waals surface area contributed by atoms with Gasteiger partial charge >= 0.3 is 0 Å². The predicted octanol–water partition coefficient (Wildman–Crippen LogP) is 3.46. The van der Waals surface area contributed by atoms with Crippen LogP contribution in [-0.4, -0.2) is 35.1 Å². The van der Waals surface area contributed by atoms with Crippen LogP contribution in [-0.2, 0) is 6.54 Å². The summed E-state index contributed by atoms with van der Waals surface area (Å²) in [6.45, 7) is 8.25. The maximum atomic E-state index is 4.44. The Morgan fingerprint density at radius 1 is 1.05 bits per heavy atom. The van der Waals surface area contributed by atoms with E-state index in [-0.39, 0.29) is 0 Å². The van der Waals surface area contributed by atoms with Crippen molar-refractivity contribution in [1.82, 2.24) is 15.2 Å². The summed E-state index contributed by atoms with van der Waals surface area (Å²) in [5.74, 6) is 1.80. The number of nitrogens with one attached hydrogen (secondary N) is 1. The van der Waals surface area contributed by atoms with Crippen LogP contribution < -0.4 is 5.32 Å². The summed E-state index contributed by atoms with van der Waals surface area (Å²) in [4.78, 5) is 6.99. The Labute approximate surface area is 135 Å². The summed E-state index contributed by atoms with van der Waals surface area (Å²) in [5, 5.41) is 3.95. The molecule has 0 bridgehead atoms. The first-order valence-corrected chi connectivity index (χ1v) is 9.09. The molecule has 1 saturated carbocycles. The van der Waals surface area contributed by atoms with Gasteiger partial charge in [-0.25, -0.2) is 0 Å². The molecule has 122 valence electrons. The van der Waals surface area contributed by atoms with Crippen molar-refractivity contribution < 1.29 is 0 Å². The topological polar surface area (TPSA) is 28.2 Å². The van der Waals surface area contributed by atoms with Crippen LogP contribution in [0.1, 0.15) is 51.6 Å². The van der Waals surface area contributed by atoms with Crippen molar-refractivity contribution in [3.05, 3.63) is 30.1 Å². The molecule has 1 saturated heterocycles. The predicted molar refractivity (Wildman–Crippen MR) is 91.6 cm³/mol. The lowest BCUT2D eigenvalue weighted by atomic mass is 9.79. The molecule has 22 heavy (non-hydrogen) atoms. The smallest absolute Gasteiger partial charge is 0.0543 e. The molecule has 3 unspecified atom stereocenters. The molecule has 3 heteroatoms. The molecular weight excluding hydrogens is 270 g/mol. The quantitative estimate of drug-likeness (QED) is 0.923. The van der Waals surface area contributed by atoms with Gasteiger partial charge in [0.1, 0.15) is 0 Å². The van der Waals surface area contributed by atoms with Gasteiger partial charge in [0.25, 0.3) is 0 Å². The fourth-order valence-electron chi connectivity index (χ4n) is 4.01. The van der Waals surface area contributed by atoms with E-state index in [1.165, 1.54) is 50.9 Å². The minimum atomic E-state index is 0.727. The first-order valence-electron chi connectivity index (χ1n) is 9.09. The van der Waals surface area contributed by atoms with Crippen molar-refractivity contribution in [2.45, 2.75) is 64.6 Å². The van der Waals surface area contributed by atoms with Gasteiger partial charge in [-0.3, -0.25) is 9.88 Å². The largest absolute Gasteiger partial charge is 0.311 e. The summed E-state index contributed by atoms with van der Waals surface area (Å²) < 4.78 is 0. The third-order valence-electron chi connectivity index (χ3n) is 5.77. The number of hydrogen-bond acceptors (Lipinski definition) is 3. The zero-order valence-corrected chi connectivity index (χ0v) is 14.2. The molecule has 0 aromatic carbocycles. The summed E-state index contributed by atoms with van der Waals surface area (Å²) in [6, 6.07) is 7.70. The molecule has 0 radical (unpaired) electrons. The van der Waals surface area contributed by atoms with Crippen LogP contribution in [0.2, 0.25) is 0 Å². The molecule has 3 nitrogen and oxygen atoms in total. The number of piperidine rings is 1. The molecule has 3 atom stereocenters. The van der Waals surface area contributed by atoms with Gasteiger partial charge in [0.2, 0.25) is 0 Å². The first-order chi connectivity index (χ1) is 10.7. The second-order valence-electron chi connectivity index (χ2n) is 7.50. The van der Waals surface area contributed by atoms with Crippen molar-refractivity contribution in [2.24, 2.45) is 11.8 Å². The molecule has 1 aliphatic heterocycles. The number of hydrogen-bond donors (Lipinski definition) is 1. The third kappa shape index (κ3) is 4.30. The van der Waals surface area contributed by atoms with Crippen LogP contribution in [0.3, 0.4) is 0 Å². The van der Waals surface area contributed by atoms with Gasteiger partial charge in [-0.05, 0) is 56.1 Å². The highest BCUT2D eigenvalue weighted by Crippen LogP contribution is 2.30. The van der Waals surface area contributed by atoms with Crippen LogP contribution in [0.4, 0.5) is 0 Å². The van der Waals surface area contributed by atoms with E-state index in [2.05, 4.69) is 41.2 Å². The van der Waals surface area contributed by atoms with Gasteiger partial charge in [0.05, 0.1) is 5.69 Å². The van der Waals surface area contributed by atoms with Crippen molar-refractivity contribution in [2.75, 3.05) is 13.1 Å². The number of rotatable bonds is 4. The second-order valence-corrected chi connectivity index (χ2v) is 7.50. The van der Waals surface area contributed by atoms with E-state index in [4.69, 9.17) is 0 Å². The van der Waals surface area contributed by atoms with Gasteiger partial charge in [-0.15, -0.1) is 0 Å². The summed E-state index contributed by atoms with van der Waals surface area (Å²) in [6.07, 6.45) is 8.61. The Kier molecular flexibility index (Phi) is 5.48. The van der Waals surface area contributed by atoms with Gasteiger partial charge < -0.3 is 5.32 Å². The highest BCUT2D eigenvalue weighted by molar-refractivity contribution is 5.03. The second kappa shape index (κ2) is 7.56. The molecule has 1 aromatic rings. The van der Waals surface area contributed by atoms with E-state index < -0.39 is 0 Å². The Bertz CT molecular complexity index is 439. The number of nitrogens with zero attached hydrogens (tertiary/aromatic N) is 2. The van der Waals surface area contributed by atoms with E-state index in [0.29, 0.717) is 0 Å². The Morgan fingerprint density at radius 2 is 1.86 bits per heavy atom. The zero-order chi connectivity index (χ0) is 15.4. The fourth-order valence-corrected chi connectivity index (χ4v) is 4.01. The van der Waals surface area contributed by atoms with E-state index in [9.17, 15) is 0 Å². The average Bonchev–Trinajstić information content (AvgIpc) is 2.54. The van der Waals surface area contributed by atoms with Crippen LogP contribution in [0.5, 0.6) is 0 Å². The van der Waals surface area contributed by atoms with E-state index in [1.54, 1.807) is 0 Å². The molecule has 0 spiro atoms. The molecule has 3 rings (SSSR count). The van der Waals surface area contributed by atoms with E-state index >= 15 is 0 Å². The Hall–Kier alpha value is -0.930. The standard InChI is InChI=1S/C19H31N3/c1-15-6-7-18(13-16(15)2)21-17-8-11-22(12-9-17)14-19-5-3-4-10-20-19/h3-5,10,15-18,21H,6-9,11-14H2,1-2H3. The van der Waals surface area contributed by atoms with Crippen LogP contribution >= 0.6 is 0 Å². The number of pyridine rings is 1. The van der Waals surface area contributed by atoms with Crippen molar-refractivity contribution in [3.8, 4) is 0 Å². The minimum Gasteiger partial charge on any atom is -0.311 e. The van der Waals surface area contributed by atoms with Crippen LogP contribution in [0.15, 0.2) is 24.4 Å². The molecule has 1 aromatic heterocycles. The number of aromatic nitrogens is 1. The van der Waals surface area contributed by atoms with Gasteiger partial charge in [-0.1, -0.05) is 19.9 Å². The lowest BCUT2D eigenvalue weighted by Gasteiger charge is -2.38. The van der Waals surface area contributed by atoms with E-state index in [1.807, 2.05) is 12.3 Å². The zero-order valence-electron chi connectivity index (χ0n) is 14.2. The van der Waals surface area contributed by atoms with Gasteiger partial charge in [-0.2, -0.15) is 0 Å². The highest BCUT2D eigenvalue weighted by Gasteiger charge is 2.27. The lowest BCUT2D eigenvalue weighted by Crippen LogP contribution is -2.47. The van der Waals surface area contributed by atoms with Crippen molar-refractivity contribution >= 4 is 0 Å². The van der Waals surface area contributed by atoms with Crippen molar-refractivity contribution in [3.63, 3.8) is 0 Å². The lowest BCUT2D eigenvalue weighted by molar-refractivity contribution is 0.159. The third-order valence-corrected chi connectivity index (χ3v) is 5.77. The Morgan fingerprint density at radius 3 is 2.55 bits per heavy atom. The van der Waals surface area contributed by atoms with Gasteiger partial charge in [0, 0.05) is 37.9 Å². The van der Waals surface area contributed by atoms with E-state index in [0.717, 1.165) is 30.5 Å². The fraction of sp³-hybridized carbons (Fsp3) is 0.737. The first kappa shape index (κ1) is 15.9. The highest BCUT2D eigenvalue weighted by atomic mass is 15.1. The number of likely N-dealkylation sites (tertiary alicyclic amines) is 1. The van der Waals surface area contributed by atoms with Crippen LogP contribution in [0.25, 0.3) is 0 Å². The maximum absolute atomic E-state index is 4.44. The molecular formula is C19H31N3. The summed E-state index contributed by atoms with van der Waals surface area (Å²) in [7, 11) is 0. The van der Waals surface area contributed by atoms with Crippen LogP contribution in [0, 0.1) is 11.8 Å². The SMILES string of the molecule is CC1CCC(NC2CCN(Cc3ccccn3)CC2)CC1C. The van der Waals surface area contributed by atoms with Crippen molar-refractivity contribution in [1.29, 1.82) is 0 Å². The molecule has 1 aliphatic carbocycles. The normalized spacial score (nSPS) is 31.3. The molecule has 2 fully saturated rings. The molecule has 1 N–H and O–H groups in total. The minimum absolute atomic E-state index is 0.727. The average molecular weight is 301 g/mol. The summed E-state index contributed by atoms with van der Waals surface area (Å²) in [5.41, 5.74) is 1.20. The monoisotopic (exact) mass is 301 g/mol. The maximum Gasteiger partial charge on any atom is 0.0543 e. The molecule has 0 amide bonds. The molecule has 2 heterocycles.